The molecule has 0 bridgehead atoms. The lowest BCUT2D eigenvalue weighted by Crippen LogP contribution is -1.95. The van der Waals surface area contributed by atoms with Crippen molar-refractivity contribution in [1.29, 1.82) is 0 Å². The van der Waals surface area contributed by atoms with Crippen molar-refractivity contribution in [3.63, 3.8) is 0 Å². The Kier molecular flexibility index (Phi) is 6.80. The topological polar surface area (TPSA) is 4.93 Å². The maximum Gasteiger partial charge on any atom is 0.0547 e. The summed E-state index contributed by atoms with van der Waals surface area (Å²) < 4.78 is 5.10. The van der Waals surface area contributed by atoms with Crippen molar-refractivity contribution in [1.82, 2.24) is 4.57 Å². The monoisotopic (exact) mass is 667 g/mol. The summed E-state index contributed by atoms with van der Waals surface area (Å²) in [5, 5.41) is 10.1. The Morgan fingerprint density at radius 3 is 1.88 bits per heavy atom. The number of para-hydroxylation sites is 1. The van der Waals surface area contributed by atoms with E-state index in [4.69, 9.17) is 0 Å². The molecule has 0 amide bonds. The van der Waals surface area contributed by atoms with Gasteiger partial charge in [0.1, 0.15) is 0 Å². The zero-order chi connectivity index (χ0) is 34.1. The third kappa shape index (κ3) is 4.61. The summed E-state index contributed by atoms with van der Waals surface area (Å²) in [4.78, 5) is 0. The molecule has 10 rings (SSSR count). The van der Waals surface area contributed by atoms with E-state index in [1.807, 2.05) is 17.4 Å². The van der Waals surface area contributed by atoms with Crippen LogP contribution >= 0.6 is 11.3 Å². The highest BCUT2D eigenvalue weighted by Gasteiger charge is 2.16. The van der Waals surface area contributed by atoms with Crippen molar-refractivity contribution in [2.24, 2.45) is 0 Å². The first-order chi connectivity index (χ1) is 25.2. The van der Waals surface area contributed by atoms with Crippen LogP contribution in [-0.2, 0) is 0 Å². The second kappa shape index (κ2) is 11.7. The van der Waals surface area contributed by atoms with Gasteiger partial charge in [-0.15, -0.1) is 11.3 Å². The second-order valence-corrected chi connectivity index (χ2v) is 14.4. The SMILES string of the molecule is C=Cc1c(/C=C\C)c2cc(-c3cccc(-n4c5ccccc5c5ccc(-c6ccc7sc8ccccc8c7c6)cc54)c3)ccc2c2ccccc12. The van der Waals surface area contributed by atoms with Crippen LogP contribution in [0.25, 0.3) is 104 Å². The van der Waals surface area contributed by atoms with Crippen LogP contribution in [0.1, 0.15) is 18.1 Å². The fourth-order valence-corrected chi connectivity index (χ4v) is 9.24. The smallest absolute Gasteiger partial charge is 0.0547 e. The average molecular weight is 668 g/mol. The molecule has 1 nitrogen and oxygen atoms in total. The van der Waals surface area contributed by atoms with Gasteiger partial charge in [-0.2, -0.15) is 0 Å². The molecule has 0 unspecified atom stereocenters. The van der Waals surface area contributed by atoms with Gasteiger partial charge in [0.15, 0.2) is 0 Å². The predicted octanol–water partition coefficient (Wildman–Crippen LogP) is 14.5. The number of nitrogens with zero attached hydrogens (tertiary/aromatic N) is 1. The number of allylic oxidation sites excluding steroid dienone is 1. The number of fused-ring (bicyclic) bond motifs is 9. The van der Waals surface area contributed by atoms with Crippen LogP contribution in [0.4, 0.5) is 0 Å². The first-order valence-corrected chi connectivity index (χ1v) is 18.3. The fourth-order valence-electron chi connectivity index (χ4n) is 8.15. The first-order valence-electron chi connectivity index (χ1n) is 17.5. The van der Waals surface area contributed by atoms with Gasteiger partial charge in [-0.05, 0) is 110 Å². The maximum absolute atomic E-state index is 4.21. The highest BCUT2D eigenvalue weighted by molar-refractivity contribution is 7.25. The lowest BCUT2D eigenvalue weighted by atomic mass is 9.89. The molecule has 0 atom stereocenters. The van der Waals surface area contributed by atoms with E-state index < -0.39 is 0 Å². The zero-order valence-corrected chi connectivity index (χ0v) is 29.0. The molecule has 0 saturated carbocycles. The first kappa shape index (κ1) is 29.7. The number of benzene rings is 8. The van der Waals surface area contributed by atoms with E-state index in [2.05, 4.69) is 182 Å². The third-order valence-corrected chi connectivity index (χ3v) is 11.6. The van der Waals surface area contributed by atoms with Gasteiger partial charge in [-0.3, -0.25) is 0 Å². The van der Waals surface area contributed by atoms with Crippen molar-refractivity contribution in [2.75, 3.05) is 0 Å². The van der Waals surface area contributed by atoms with Crippen LogP contribution < -0.4 is 0 Å². The Hall–Kier alpha value is -6.22. The molecule has 0 aliphatic rings. The number of thiophene rings is 1. The summed E-state index contributed by atoms with van der Waals surface area (Å²) in [5.41, 5.74) is 10.8. The van der Waals surface area contributed by atoms with Gasteiger partial charge in [0.2, 0.25) is 0 Å². The van der Waals surface area contributed by atoms with Crippen molar-refractivity contribution in [3.8, 4) is 27.9 Å². The molecule has 0 aliphatic heterocycles. The largest absolute Gasteiger partial charge is 0.309 e. The Morgan fingerprint density at radius 2 is 1.06 bits per heavy atom. The van der Waals surface area contributed by atoms with Gasteiger partial charge in [-0.25, -0.2) is 0 Å². The molecule has 8 aromatic carbocycles. The van der Waals surface area contributed by atoms with Gasteiger partial charge < -0.3 is 4.57 Å². The Bertz CT molecular complexity index is 3060. The summed E-state index contributed by atoms with van der Waals surface area (Å²) in [6, 6.07) is 56.0. The van der Waals surface area contributed by atoms with E-state index in [0.29, 0.717) is 0 Å². The van der Waals surface area contributed by atoms with Crippen LogP contribution in [0.15, 0.2) is 164 Å². The molecular formula is C49H33NS. The van der Waals surface area contributed by atoms with Crippen LogP contribution in [0.5, 0.6) is 0 Å². The summed E-state index contributed by atoms with van der Waals surface area (Å²) in [7, 11) is 0. The molecule has 0 spiro atoms. The van der Waals surface area contributed by atoms with E-state index in [1.54, 1.807) is 0 Å². The molecule has 0 saturated heterocycles. The normalized spacial score (nSPS) is 12.0. The number of rotatable bonds is 5. The third-order valence-electron chi connectivity index (χ3n) is 10.5. The zero-order valence-electron chi connectivity index (χ0n) is 28.2. The molecule has 2 heteroatoms. The average Bonchev–Trinajstić information content (AvgIpc) is 3.73. The van der Waals surface area contributed by atoms with E-state index >= 15 is 0 Å². The van der Waals surface area contributed by atoms with Gasteiger partial charge in [0, 0.05) is 36.6 Å². The summed E-state index contributed by atoms with van der Waals surface area (Å²) >= 11 is 1.86. The van der Waals surface area contributed by atoms with Crippen molar-refractivity contribution in [2.45, 2.75) is 6.92 Å². The summed E-state index contributed by atoms with van der Waals surface area (Å²) in [6.45, 7) is 6.30. The minimum Gasteiger partial charge on any atom is -0.309 e. The van der Waals surface area contributed by atoms with Crippen molar-refractivity contribution >= 4 is 87.0 Å². The standard InChI is InChI=1S/C49H33NS/c1-3-12-37-36(4-2)38-15-5-6-16-39(38)40-24-21-32(28-44(37)40)31-13-11-14-35(27-31)50-46-19-9-7-17-41(46)42-25-22-34(30-47(42)50)33-23-26-49-45(29-33)43-18-8-10-20-48(43)51-49/h3-30H,2H2,1H3/b12-3-. The Morgan fingerprint density at radius 1 is 0.451 bits per heavy atom. The van der Waals surface area contributed by atoms with Crippen LogP contribution in [-0.4, -0.2) is 4.57 Å². The predicted molar refractivity (Wildman–Crippen MR) is 224 cm³/mol. The molecule has 0 aliphatic carbocycles. The molecule has 240 valence electrons. The molecule has 10 aromatic rings. The molecule has 51 heavy (non-hydrogen) atoms. The van der Waals surface area contributed by atoms with Gasteiger partial charge in [0.05, 0.1) is 11.0 Å². The second-order valence-electron chi connectivity index (χ2n) is 13.3. The van der Waals surface area contributed by atoms with E-state index in [1.165, 1.54) is 96.9 Å². The molecule has 2 aromatic heterocycles. The summed E-state index contributed by atoms with van der Waals surface area (Å²) in [5.74, 6) is 0. The highest BCUT2D eigenvalue weighted by atomic mass is 32.1. The van der Waals surface area contributed by atoms with Gasteiger partial charge >= 0.3 is 0 Å². The number of hydrogen-bond donors (Lipinski definition) is 0. The number of hydrogen-bond acceptors (Lipinski definition) is 1. The molecule has 0 radical (unpaired) electrons. The van der Waals surface area contributed by atoms with Crippen LogP contribution in [0, 0.1) is 0 Å². The fraction of sp³-hybridized carbons (Fsp3) is 0.0204. The van der Waals surface area contributed by atoms with Crippen LogP contribution in [0.2, 0.25) is 0 Å². The van der Waals surface area contributed by atoms with Crippen molar-refractivity contribution < 1.29 is 0 Å². The minimum atomic E-state index is 1.15. The minimum absolute atomic E-state index is 1.15. The Balaban J connectivity index is 1.16. The number of aromatic nitrogens is 1. The van der Waals surface area contributed by atoms with Gasteiger partial charge in [-0.1, -0.05) is 128 Å². The van der Waals surface area contributed by atoms with E-state index in [0.717, 1.165) is 5.69 Å². The van der Waals surface area contributed by atoms with Gasteiger partial charge in [0.25, 0.3) is 0 Å². The molecule has 0 N–H and O–H groups in total. The van der Waals surface area contributed by atoms with Crippen molar-refractivity contribution in [3.05, 3.63) is 175 Å². The highest BCUT2D eigenvalue weighted by Crippen LogP contribution is 2.40. The van der Waals surface area contributed by atoms with E-state index in [9.17, 15) is 0 Å². The lowest BCUT2D eigenvalue weighted by molar-refractivity contribution is 1.18. The maximum atomic E-state index is 4.21. The lowest BCUT2D eigenvalue weighted by Gasteiger charge is -2.15. The molecular weight excluding hydrogens is 635 g/mol. The molecule has 2 heterocycles. The summed E-state index contributed by atoms with van der Waals surface area (Å²) in [6.07, 6.45) is 6.35. The Labute approximate surface area is 300 Å². The van der Waals surface area contributed by atoms with E-state index in [-0.39, 0.29) is 0 Å². The molecule has 0 fully saturated rings. The van der Waals surface area contributed by atoms with Crippen LogP contribution in [0.3, 0.4) is 0 Å². The quantitative estimate of drug-likeness (QED) is 0.161.